The van der Waals surface area contributed by atoms with Crippen LogP contribution in [0.3, 0.4) is 0 Å². The fourth-order valence-corrected chi connectivity index (χ4v) is 8.75. The molecule has 0 aromatic heterocycles. The van der Waals surface area contributed by atoms with E-state index < -0.39 is 75.4 Å². The van der Waals surface area contributed by atoms with Crippen LogP contribution in [0.4, 0.5) is 9.59 Å². The zero-order valence-corrected chi connectivity index (χ0v) is 32.4. The van der Waals surface area contributed by atoms with Gasteiger partial charge in [0.2, 0.25) is 11.8 Å². The average Bonchev–Trinajstić information content (AvgIpc) is 3.40. The van der Waals surface area contributed by atoms with Crippen LogP contribution in [0.15, 0.2) is 30.4 Å². The van der Waals surface area contributed by atoms with Gasteiger partial charge in [0.15, 0.2) is 0 Å². The smallest absolute Gasteiger partial charge is 0.410 e. The number of benzene rings is 1. The summed E-state index contributed by atoms with van der Waals surface area (Å²) in [5, 5.41) is 6.04. The minimum Gasteiger partial charge on any atom is -0.444 e. The van der Waals surface area contributed by atoms with Crippen molar-refractivity contribution in [3.05, 3.63) is 46.5 Å². The zero-order chi connectivity index (χ0) is 38.8. The second-order valence-electron chi connectivity index (χ2n) is 15.5. The summed E-state index contributed by atoms with van der Waals surface area (Å²) in [5.41, 5.74) is -0.627. The van der Waals surface area contributed by atoms with Gasteiger partial charge in [-0.05, 0) is 69.7 Å². The van der Waals surface area contributed by atoms with Crippen LogP contribution in [0.5, 0.6) is 0 Å². The Bertz CT molecular complexity index is 1780. The van der Waals surface area contributed by atoms with Gasteiger partial charge in [0.25, 0.3) is 5.91 Å². The average molecular weight is 793 g/mol. The molecule has 0 unspecified atom stereocenters. The fraction of sp³-hybridized carbons (Fsp3) is 0.639. The first-order valence-corrected chi connectivity index (χ1v) is 20.3. The molecular formula is C36H49ClN6O10S. The van der Waals surface area contributed by atoms with Gasteiger partial charge in [-0.1, -0.05) is 42.7 Å². The third kappa shape index (κ3) is 9.29. The quantitative estimate of drug-likeness (QED) is 0.374. The normalized spacial score (nSPS) is 28.7. The summed E-state index contributed by atoms with van der Waals surface area (Å²) in [6.07, 6.45) is 4.41. The molecule has 0 radical (unpaired) electrons. The van der Waals surface area contributed by atoms with Crippen molar-refractivity contribution in [1.82, 2.24) is 29.5 Å². The SMILES string of the molecule is CC(C)(C)OC(=O)N[C@H]1CCCCC/C=C\[C@@H]2C[C@@]2(C(=O)NS(=O)(=O)N2CCOCC2)NC(=O)[C@@H]2C[C@@H](OC(=O)N3Cc4ccc(Cl)cc4C3)CN2C1=O. The lowest BCUT2D eigenvalue weighted by molar-refractivity contribution is -0.141. The van der Waals surface area contributed by atoms with E-state index in [-0.39, 0.29) is 58.7 Å². The minimum absolute atomic E-state index is 0.0698. The molecule has 1 aromatic carbocycles. The van der Waals surface area contributed by atoms with Crippen molar-refractivity contribution in [3.63, 3.8) is 0 Å². The van der Waals surface area contributed by atoms with E-state index in [2.05, 4.69) is 15.4 Å². The number of carbonyl (C=O) groups excluding carboxylic acids is 5. The first-order chi connectivity index (χ1) is 25.5. The molecule has 4 heterocycles. The van der Waals surface area contributed by atoms with E-state index in [0.717, 1.165) is 28.3 Å². The van der Waals surface area contributed by atoms with Crippen molar-refractivity contribution < 1.29 is 46.6 Å². The molecule has 0 bridgehead atoms. The number of hydrogen-bond acceptors (Lipinski definition) is 10. The summed E-state index contributed by atoms with van der Waals surface area (Å²) in [5.74, 6) is -2.68. The first-order valence-electron chi connectivity index (χ1n) is 18.5. The Balaban J connectivity index is 1.25. The van der Waals surface area contributed by atoms with Gasteiger partial charge in [-0.15, -0.1) is 0 Å². The number of morpholine rings is 1. The van der Waals surface area contributed by atoms with Crippen LogP contribution in [0.1, 0.15) is 76.8 Å². The highest BCUT2D eigenvalue weighted by Gasteiger charge is 2.62. The van der Waals surface area contributed by atoms with E-state index in [1.165, 1.54) is 9.80 Å². The maximum Gasteiger partial charge on any atom is 0.410 e. The van der Waals surface area contributed by atoms with Crippen molar-refractivity contribution in [2.24, 2.45) is 5.92 Å². The molecule has 54 heavy (non-hydrogen) atoms. The Labute approximate surface area is 320 Å². The molecule has 4 aliphatic heterocycles. The van der Waals surface area contributed by atoms with Gasteiger partial charge in [-0.25, -0.2) is 14.3 Å². The van der Waals surface area contributed by atoms with Gasteiger partial charge in [-0.3, -0.25) is 19.3 Å². The Morgan fingerprint density at radius 1 is 1.06 bits per heavy atom. The number of fused-ring (bicyclic) bond motifs is 3. The van der Waals surface area contributed by atoms with Gasteiger partial charge in [0.05, 0.1) is 19.8 Å². The van der Waals surface area contributed by atoms with Gasteiger partial charge in [0, 0.05) is 43.5 Å². The zero-order valence-electron chi connectivity index (χ0n) is 30.8. The van der Waals surface area contributed by atoms with E-state index in [9.17, 15) is 32.4 Å². The molecule has 1 saturated carbocycles. The van der Waals surface area contributed by atoms with E-state index in [1.54, 1.807) is 32.9 Å². The van der Waals surface area contributed by atoms with Gasteiger partial charge < -0.3 is 29.7 Å². The van der Waals surface area contributed by atoms with E-state index in [0.29, 0.717) is 24.4 Å². The van der Waals surface area contributed by atoms with Crippen LogP contribution in [-0.2, 0) is 51.9 Å². The Morgan fingerprint density at radius 3 is 2.54 bits per heavy atom. The lowest BCUT2D eigenvalue weighted by Gasteiger charge is -2.31. The molecule has 2 saturated heterocycles. The number of allylic oxidation sites excluding steroid dienone is 1. The Hall–Kier alpha value is -3.93. The maximum atomic E-state index is 14.4. The molecule has 1 aliphatic carbocycles. The standard InChI is InChI=1S/C36H49ClN6O10S/c1-35(2,3)53-33(47)38-28-10-8-6-4-5-7-9-25-19-36(25,32(46)40-54(49,50)42-13-15-51-16-14-42)39-30(44)29-18-27(22-43(29)31(28)45)52-34(48)41-20-23-11-12-26(37)17-24(23)21-41/h7,9,11-12,17,25,27-29H,4-6,8,10,13-16,18-22H2,1-3H3,(H,38,47)(H,39,44)(H,40,46)/b9-7-/t25-,27-,28+,29+,36-/m1/s1. The summed E-state index contributed by atoms with van der Waals surface area (Å²) in [6, 6.07) is 3.10. The van der Waals surface area contributed by atoms with Crippen LogP contribution >= 0.6 is 11.6 Å². The number of hydrogen-bond donors (Lipinski definition) is 3. The van der Waals surface area contributed by atoms with Crippen LogP contribution in [0.25, 0.3) is 0 Å². The van der Waals surface area contributed by atoms with Crippen LogP contribution in [-0.4, -0.2) is 115 Å². The predicted octanol–water partition coefficient (Wildman–Crippen LogP) is 2.74. The van der Waals surface area contributed by atoms with Gasteiger partial charge in [0.1, 0.15) is 29.3 Å². The number of amides is 5. The van der Waals surface area contributed by atoms with Crippen molar-refractivity contribution >= 4 is 51.7 Å². The molecule has 5 amide bonds. The predicted molar refractivity (Wildman–Crippen MR) is 195 cm³/mol. The monoisotopic (exact) mass is 792 g/mol. The summed E-state index contributed by atoms with van der Waals surface area (Å²) in [6.45, 7) is 6.03. The highest BCUT2D eigenvalue weighted by molar-refractivity contribution is 7.87. The number of halogens is 1. The van der Waals surface area contributed by atoms with Crippen molar-refractivity contribution in [2.75, 3.05) is 32.8 Å². The van der Waals surface area contributed by atoms with Gasteiger partial charge >= 0.3 is 22.4 Å². The Kier molecular flexibility index (Phi) is 11.8. The van der Waals surface area contributed by atoms with Crippen LogP contribution < -0.4 is 15.4 Å². The molecule has 18 heteroatoms. The second kappa shape index (κ2) is 16.0. The molecule has 1 aromatic rings. The molecule has 6 rings (SSSR count). The number of nitrogens with one attached hydrogen (secondary N) is 3. The summed E-state index contributed by atoms with van der Waals surface area (Å²) in [4.78, 5) is 71.7. The summed E-state index contributed by atoms with van der Waals surface area (Å²) < 4.78 is 46.3. The van der Waals surface area contributed by atoms with E-state index in [1.807, 2.05) is 18.2 Å². The fourth-order valence-electron chi connectivity index (χ4n) is 7.38. The highest BCUT2D eigenvalue weighted by atomic mass is 35.5. The number of carbonyl (C=O) groups is 5. The van der Waals surface area contributed by atoms with Gasteiger partial charge in [-0.2, -0.15) is 12.7 Å². The number of alkyl carbamates (subject to hydrolysis) is 1. The number of rotatable bonds is 5. The lowest BCUT2D eigenvalue weighted by atomic mass is 10.0. The molecule has 3 fully saturated rings. The molecule has 0 spiro atoms. The second-order valence-corrected chi connectivity index (χ2v) is 17.6. The molecule has 296 valence electrons. The lowest BCUT2D eigenvalue weighted by Crippen LogP contribution is -2.59. The largest absolute Gasteiger partial charge is 0.444 e. The third-order valence-corrected chi connectivity index (χ3v) is 12.0. The molecule has 16 nitrogen and oxygen atoms in total. The van der Waals surface area contributed by atoms with Crippen molar-refractivity contribution in [1.29, 1.82) is 0 Å². The topological polar surface area (TPSA) is 193 Å². The highest BCUT2D eigenvalue weighted by Crippen LogP contribution is 2.46. The molecular weight excluding hydrogens is 744 g/mol. The first kappa shape index (κ1) is 39.8. The van der Waals surface area contributed by atoms with E-state index >= 15 is 0 Å². The van der Waals surface area contributed by atoms with E-state index in [4.69, 9.17) is 25.8 Å². The van der Waals surface area contributed by atoms with Crippen LogP contribution in [0, 0.1) is 5.92 Å². The summed E-state index contributed by atoms with van der Waals surface area (Å²) >= 11 is 6.16. The molecule has 5 aliphatic rings. The molecule has 5 atom stereocenters. The Morgan fingerprint density at radius 2 is 1.80 bits per heavy atom. The summed E-state index contributed by atoms with van der Waals surface area (Å²) in [7, 11) is -4.25. The minimum atomic E-state index is -4.25. The van der Waals surface area contributed by atoms with Crippen molar-refractivity contribution in [3.8, 4) is 0 Å². The van der Waals surface area contributed by atoms with Crippen molar-refractivity contribution in [2.45, 2.75) is 108 Å². The maximum absolute atomic E-state index is 14.4. The number of ether oxygens (including phenoxy) is 3. The third-order valence-electron chi connectivity index (χ3n) is 10.3. The molecule has 3 N–H and O–H groups in total. The number of nitrogens with zero attached hydrogens (tertiary/aromatic N) is 3. The van der Waals surface area contributed by atoms with Crippen LogP contribution in [0.2, 0.25) is 5.02 Å².